The van der Waals surface area contributed by atoms with E-state index in [-0.39, 0.29) is 53.1 Å². The highest BCUT2D eigenvalue weighted by Gasteiger charge is 2.44. The summed E-state index contributed by atoms with van der Waals surface area (Å²) in [5.74, 6) is -1.52. The maximum Gasteiger partial charge on any atom is 0.287 e. The van der Waals surface area contributed by atoms with Crippen LogP contribution in [0.15, 0.2) is 53.5 Å². The van der Waals surface area contributed by atoms with Gasteiger partial charge in [0.1, 0.15) is 23.4 Å². The second-order valence-electron chi connectivity index (χ2n) is 11.5. The van der Waals surface area contributed by atoms with Gasteiger partial charge in [-0.3, -0.25) is 34.2 Å². The third-order valence-corrected chi connectivity index (χ3v) is 8.70. The largest absolute Gasteiger partial charge is 0.489 e. The number of piperidine rings is 2. The topological polar surface area (TPSA) is 143 Å². The number of ether oxygens (including phenoxy) is 1. The molecule has 13 heteroatoms. The molecule has 4 heterocycles. The van der Waals surface area contributed by atoms with Crippen LogP contribution in [0.4, 0.5) is 5.69 Å². The van der Waals surface area contributed by atoms with Crippen molar-refractivity contribution in [2.75, 3.05) is 25.5 Å². The Labute approximate surface area is 257 Å². The lowest BCUT2D eigenvalue weighted by atomic mass is 9.88. The molecule has 3 aliphatic rings. The lowest BCUT2D eigenvalue weighted by Crippen LogP contribution is -2.54. The second kappa shape index (κ2) is 11.9. The van der Waals surface area contributed by atoms with E-state index < -0.39 is 29.7 Å². The van der Waals surface area contributed by atoms with Crippen molar-refractivity contribution in [2.45, 2.75) is 43.9 Å². The minimum absolute atomic E-state index is 0.0640. The van der Waals surface area contributed by atoms with Crippen molar-refractivity contribution in [2.24, 2.45) is 7.05 Å². The Bertz CT molecular complexity index is 1720. The van der Waals surface area contributed by atoms with Crippen molar-refractivity contribution < 1.29 is 23.9 Å². The number of carbonyl (C=O) groups is 4. The number of amides is 4. The van der Waals surface area contributed by atoms with E-state index in [0.717, 1.165) is 30.0 Å². The summed E-state index contributed by atoms with van der Waals surface area (Å²) in [6, 6.07) is 11.9. The summed E-state index contributed by atoms with van der Waals surface area (Å²) in [4.78, 5) is 65.2. The number of nitrogens with one attached hydrogen (secondary N) is 2. The zero-order valence-electron chi connectivity index (χ0n) is 24.2. The average Bonchev–Trinajstić information content (AvgIpc) is 3.25. The maximum absolute atomic E-state index is 13.1. The number of anilines is 1. The quantitative estimate of drug-likeness (QED) is 0.381. The number of carbonyl (C=O) groups excluding carboxylic acids is 4. The molecule has 2 N–H and O–H groups in total. The van der Waals surface area contributed by atoms with Crippen molar-refractivity contribution in [3.05, 3.63) is 86.3 Å². The highest BCUT2D eigenvalue weighted by Crippen LogP contribution is 2.32. The molecule has 12 nitrogen and oxygen atoms in total. The molecule has 3 aromatic rings. The molecule has 2 saturated heterocycles. The molecule has 228 valence electrons. The van der Waals surface area contributed by atoms with Gasteiger partial charge in [-0.05, 0) is 55.1 Å². The van der Waals surface area contributed by atoms with Crippen LogP contribution in [0, 0.1) is 0 Å². The molecule has 1 unspecified atom stereocenters. The normalized spacial score (nSPS) is 22.2. The van der Waals surface area contributed by atoms with Gasteiger partial charge >= 0.3 is 0 Å². The van der Waals surface area contributed by atoms with Crippen LogP contribution in [0.3, 0.4) is 0 Å². The fourth-order valence-electron chi connectivity index (χ4n) is 6.09. The Morgan fingerprint density at radius 2 is 1.75 bits per heavy atom. The average molecular weight is 619 g/mol. The van der Waals surface area contributed by atoms with Gasteiger partial charge in [-0.1, -0.05) is 35.9 Å². The molecule has 3 aliphatic heterocycles. The number of hydrogen-bond donors (Lipinski definition) is 2. The summed E-state index contributed by atoms with van der Waals surface area (Å²) >= 11 is 6.27. The molecule has 4 amide bonds. The lowest BCUT2D eigenvalue weighted by Gasteiger charge is -2.36. The molecule has 0 aliphatic carbocycles. The predicted octanol–water partition coefficient (Wildman–Crippen LogP) is 2.31. The van der Waals surface area contributed by atoms with Crippen LogP contribution in [-0.2, 0) is 23.2 Å². The van der Waals surface area contributed by atoms with Crippen LogP contribution in [0.2, 0.25) is 5.02 Å². The molecular weight excluding hydrogens is 588 g/mol. The van der Waals surface area contributed by atoms with Gasteiger partial charge in [0, 0.05) is 32.6 Å². The predicted molar refractivity (Wildman–Crippen MR) is 161 cm³/mol. The summed E-state index contributed by atoms with van der Waals surface area (Å²) in [7, 11) is 3.62. The molecule has 6 rings (SSSR count). The third-order valence-electron chi connectivity index (χ3n) is 8.34. The number of halogens is 1. The number of nitrogens with zero attached hydrogens (tertiary/aromatic N) is 4. The number of likely N-dealkylation sites (tertiary alicyclic amines) is 1. The summed E-state index contributed by atoms with van der Waals surface area (Å²) in [5, 5.41) is 9.79. The van der Waals surface area contributed by atoms with E-state index in [4.69, 9.17) is 16.3 Å². The molecule has 1 aromatic heterocycles. The summed E-state index contributed by atoms with van der Waals surface area (Å²) in [6.07, 6.45) is 2.59. The zero-order valence-corrected chi connectivity index (χ0v) is 25.0. The molecule has 3 atom stereocenters. The van der Waals surface area contributed by atoms with Crippen LogP contribution in [0.25, 0.3) is 0 Å². The third kappa shape index (κ3) is 5.70. The highest BCUT2D eigenvalue weighted by molar-refractivity contribution is 6.33. The fraction of sp³-hybridized carbons (Fsp3) is 0.355. The maximum atomic E-state index is 13.1. The van der Waals surface area contributed by atoms with Crippen molar-refractivity contribution >= 4 is 40.9 Å². The number of hydrogen-bond acceptors (Lipinski definition) is 9. The molecule has 2 fully saturated rings. The first-order valence-electron chi connectivity index (χ1n) is 14.3. The van der Waals surface area contributed by atoms with Gasteiger partial charge in [-0.15, -0.1) is 0 Å². The van der Waals surface area contributed by atoms with Crippen molar-refractivity contribution in [1.82, 2.24) is 24.9 Å². The fourth-order valence-corrected chi connectivity index (χ4v) is 6.32. The van der Waals surface area contributed by atoms with Crippen LogP contribution < -0.4 is 20.9 Å². The molecular formula is C31H31ClN6O6. The number of fused-ring (bicyclic) bond motifs is 1. The van der Waals surface area contributed by atoms with Crippen molar-refractivity contribution in [1.29, 1.82) is 0 Å². The summed E-state index contributed by atoms with van der Waals surface area (Å²) < 4.78 is 7.17. The Morgan fingerprint density at radius 1 is 1.00 bits per heavy atom. The van der Waals surface area contributed by atoms with E-state index in [9.17, 15) is 24.0 Å². The molecule has 0 saturated carbocycles. The number of rotatable bonds is 7. The second-order valence-corrected chi connectivity index (χ2v) is 11.9. The minimum Gasteiger partial charge on any atom is -0.489 e. The standard InChI is InChI=1S/C31H31ClN6O6/c1-36-14-19(11-20(15-36)34-24-13-33-37(2)31(43)27(24)32)18-5-3-17(4-6-18)16-44-21-7-8-22-23(12-21)30(42)38(29(22)41)25-9-10-26(39)35-28(25)40/h3-8,12-13,19-20,25,34H,9-11,14-16H2,1-2H3,(H,35,39,40)/t19-,20+,25?/m0/s1. The van der Waals surface area contributed by atoms with Crippen LogP contribution in [-0.4, -0.2) is 75.4 Å². The SMILES string of the molecule is CN1C[C@H](Nc2cnn(C)c(=O)c2Cl)C[C@H](c2ccc(COc3ccc4c(c3)C(=O)N(C3CCC(=O)NC3=O)C4=O)cc2)C1. The van der Waals surface area contributed by atoms with Gasteiger partial charge in [-0.2, -0.15) is 5.10 Å². The van der Waals surface area contributed by atoms with Gasteiger partial charge in [-0.25, -0.2) is 4.68 Å². The van der Waals surface area contributed by atoms with E-state index in [1.165, 1.54) is 22.4 Å². The first-order valence-corrected chi connectivity index (χ1v) is 14.7. The van der Waals surface area contributed by atoms with Crippen molar-refractivity contribution in [3.63, 3.8) is 0 Å². The zero-order chi connectivity index (χ0) is 31.1. The van der Waals surface area contributed by atoms with E-state index in [2.05, 4.69) is 39.8 Å². The number of likely N-dealkylation sites (N-methyl/N-ethyl adjacent to an activating group) is 1. The van der Waals surface area contributed by atoms with E-state index in [1.807, 2.05) is 12.1 Å². The van der Waals surface area contributed by atoms with Crippen LogP contribution >= 0.6 is 11.6 Å². The van der Waals surface area contributed by atoms with E-state index in [0.29, 0.717) is 11.4 Å². The highest BCUT2D eigenvalue weighted by atomic mass is 35.5. The minimum atomic E-state index is -1.01. The number of aryl methyl sites for hydroxylation is 1. The molecule has 0 radical (unpaired) electrons. The first-order chi connectivity index (χ1) is 21.1. The molecule has 0 spiro atoms. The van der Waals surface area contributed by atoms with E-state index >= 15 is 0 Å². The first kappa shape index (κ1) is 29.5. The van der Waals surface area contributed by atoms with Gasteiger partial charge in [0.05, 0.1) is 23.0 Å². The summed E-state index contributed by atoms with van der Waals surface area (Å²) in [6.45, 7) is 1.93. The van der Waals surface area contributed by atoms with Crippen LogP contribution in [0.1, 0.15) is 57.0 Å². The Morgan fingerprint density at radius 3 is 2.50 bits per heavy atom. The number of benzene rings is 2. The van der Waals surface area contributed by atoms with Gasteiger partial charge in [0.25, 0.3) is 17.4 Å². The van der Waals surface area contributed by atoms with Gasteiger partial charge < -0.3 is 15.0 Å². The monoisotopic (exact) mass is 618 g/mol. The van der Waals surface area contributed by atoms with Crippen LogP contribution in [0.5, 0.6) is 5.75 Å². The Balaban J connectivity index is 1.08. The smallest absolute Gasteiger partial charge is 0.287 e. The number of imide groups is 2. The number of aromatic nitrogens is 2. The van der Waals surface area contributed by atoms with Gasteiger partial charge in [0.15, 0.2) is 0 Å². The van der Waals surface area contributed by atoms with Gasteiger partial charge in [0.2, 0.25) is 11.8 Å². The van der Waals surface area contributed by atoms with E-state index in [1.54, 1.807) is 19.3 Å². The molecule has 2 aromatic carbocycles. The Hall–Kier alpha value is -4.55. The lowest BCUT2D eigenvalue weighted by molar-refractivity contribution is -0.136. The Kier molecular flexibility index (Phi) is 7.95. The summed E-state index contributed by atoms with van der Waals surface area (Å²) in [5.41, 5.74) is 2.67. The van der Waals surface area contributed by atoms with Crippen molar-refractivity contribution in [3.8, 4) is 5.75 Å². The molecule has 0 bridgehead atoms. The molecule has 44 heavy (non-hydrogen) atoms.